The molecule has 2 fully saturated rings. The molecular formula is C6H8O2. The summed E-state index contributed by atoms with van der Waals surface area (Å²) in [6.45, 7) is 2.00. The minimum absolute atomic E-state index is 0.0116. The first-order chi connectivity index (χ1) is 3.72. The molecule has 2 nitrogen and oxygen atoms in total. The Bertz CT molecular complexity index is 153. The minimum atomic E-state index is -0.0168. The lowest BCUT2D eigenvalue weighted by molar-refractivity contribution is -0.119. The van der Waals surface area contributed by atoms with E-state index in [9.17, 15) is 4.79 Å². The number of fused-ring (bicyclic) bond motifs is 1. The molecule has 0 N–H and O–H groups in total. The Morgan fingerprint density at radius 2 is 2.62 bits per heavy atom. The topological polar surface area (TPSA) is 29.6 Å². The van der Waals surface area contributed by atoms with E-state index in [1.54, 1.807) is 0 Å². The van der Waals surface area contributed by atoms with Gasteiger partial charge < -0.3 is 4.74 Å². The number of carbonyl (C=O) groups is 1. The number of epoxide rings is 1. The highest BCUT2D eigenvalue weighted by atomic mass is 16.6. The second-order valence-corrected chi connectivity index (χ2v) is 2.78. The van der Waals surface area contributed by atoms with E-state index in [1.807, 2.05) is 6.92 Å². The molecule has 0 spiro atoms. The molecule has 0 aromatic rings. The number of hydrogen-bond donors (Lipinski definition) is 0. The Kier molecular flexibility index (Phi) is 0.553. The molecule has 0 radical (unpaired) electrons. The van der Waals surface area contributed by atoms with Crippen LogP contribution in [0.1, 0.15) is 19.8 Å². The van der Waals surface area contributed by atoms with Crippen molar-refractivity contribution in [2.24, 2.45) is 0 Å². The Labute approximate surface area is 47.8 Å². The van der Waals surface area contributed by atoms with Crippen molar-refractivity contribution < 1.29 is 9.53 Å². The van der Waals surface area contributed by atoms with E-state index in [-0.39, 0.29) is 11.7 Å². The van der Waals surface area contributed by atoms with E-state index in [0.717, 1.165) is 12.8 Å². The summed E-state index contributed by atoms with van der Waals surface area (Å²) in [5, 5.41) is 0. The van der Waals surface area contributed by atoms with E-state index in [2.05, 4.69) is 0 Å². The van der Waals surface area contributed by atoms with Gasteiger partial charge in [-0.25, -0.2) is 0 Å². The fourth-order valence-electron chi connectivity index (χ4n) is 1.33. The fourth-order valence-corrected chi connectivity index (χ4v) is 1.33. The van der Waals surface area contributed by atoms with Gasteiger partial charge in [-0.2, -0.15) is 0 Å². The van der Waals surface area contributed by atoms with Gasteiger partial charge in [0, 0.05) is 6.42 Å². The third-order valence-corrected chi connectivity index (χ3v) is 2.04. The van der Waals surface area contributed by atoms with Crippen molar-refractivity contribution in [2.45, 2.75) is 31.5 Å². The van der Waals surface area contributed by atoms with Crippen LogP contribution >= 0.6 is 0 Å². The monoisotopic (exact) mass is 112 g/mol. The maximum absolute atomic E-state index is 10.7. The van der Waals surface area contributed by atoms with Crippen LogP contribution in [-0.4, -0.2) is 17.5 Å². The molecule has 1 saturated carbocycles. The molecule has 2 heteroatoms. The van der Waals surface area contributed by atoms with E-state index in [1.165, 1.54) is 0 Å². The lowest BCUT2D eigenvalue weighted by Crippen LogP contribution is -2.02. The first-order valence-electron chi connectivity index (χ1n) is 2.93. The summed E-state index contributed by atoms with van der Waals surface area (Å²) in [5.41, 5.74) is -0.0168. The number of ketones is 1. The Morgan fingerprint density at radius 1 is 1.88 bits per heavy atom. The number of hydrogen-bond acceptors (Lipinski definition) is 2. The molecule has 1 saturated heterocycles. The Hall–Kier alpha value is -0.370. The standard InChI is InChI=1S/C6H8O2/c1-6-3-2-4(7)5(6)8-6/h5H,2-3H2,1H3/t5-,6+/m1/s1. The summed E-state index contributed by atoms with van der Waals surface area (Å²) in [7, 11) is 0. The molecule has 1 aliphatic heterocycles. The summed E-state index contributed by atoms with van der Waals surface area (Å²) < 4.78 is 5.10. The quantitative estimate of drug-likeness (QED) is 0.427. The SMILES string of the molecule is C[C@]12CCC(=O)[C@H]1O2. The van der Waals surface area contributed by atoms with Crippen LogP contribution in [0.15, 0.2) is 0 Å². The molecule has 0 aromatic carbocycles. The molecule has 8 heavy (non-hydrogen) atoms. The van der Waals surface area contributed by atoms with Gasteiger partial charge in [0.05, 0.1) is 0 Å². The third kappa shape index (κ3) is 0.348. The number of ether oxygens (including phenoxy) is 1. The van der Waals surface area contributed by atoms with Gasteiger partial charge in [0.15, 0.2) is 5.78 Å². The number of rotatable bonds is 0. The summed E-state index contributed by atoms with van der Waals surface area (Å²) >= 11 is 0. The Morgan fingerprint density at radius 3 is 2.75 bits per heavy atom. The van der Waals surface area contributed by atoms with Crippen molar-refractivity contribution in [3.8, 4) is 0 Å². The minimum Gasteiger partial charge on any atom is -0.358 e. The van der Waals surface area contributed by atoms with Gasteiger partial charge >= 0.3 is 0 Å². The van der Waals surface area contributed by atoms with Gasteiger partial charge in [-0.05, 0) is 13.3 Å². The van der Waals surface area contributed by atoms with Crippen LogP contribution in [0.25, 0.3) is 0 Å². The largest absolute Gasteiger partial charge is 0.358 e. The summed E-state index contributed by atoms with van der Waals surface area (Å²) in [6.07, 6.45) is 1.67. The van der Waals surface area contributed by atoms with Crippen molar-refractivity contribution in [2.75, 3.05) is 0 Å². The van der Waals surface area contributed by atoms with Crippen LogP contribution in [0.2, 0.25) is 0 Å². The smallest absolute Gasteiger partial charge is 0.164 e. The highest BCUT2D eigenvalue weighted by Crippen LogP contribution is 2.46. The van der Waals surface area contributed by atoms with E-state index < -0.39 is 0 Å². The van der Waals surface area contributed by atoms with Crippen molar-refractivity contribution in [3.05, 3.63) is 0 Å². The maximum Gasteiger partial charge on any atom is 0.164 e. The normalized spacial score (nSPS) is 51.6. The molecule has 2 aliphatic rings. The van der Waals surface area contributed by atoms with Gasteiger partial charge in [-0.3, -0.25) is 4.79 Å². The van der Waals surface area contributed by atoms with Crippen LogP contribution in [0.4, 0.5) is 0 Å². The molecule has 44 valence electrons. The lowest BCUT2D eigenvalue weighted by Gasteiger charge is -1.92. The highest BCUT2D eigenvalue weighted by molar-refractivity contribution is 5.89. The van der Waals surface area contributed by atoms with Gasteiger partial charge in [0.1, 0.15) is 11.7 Å². The molecule has 0 aromatic heterocycles. The lowest BCUT2D eigenvalue weighted by atomic mass is 10.1. The zero-order valence-electron chi connectivity index (χ0n) is 4.81. The molecule has 2 atom stereocenters. The van der Waals surface area contributed by atoms with Crippen LogP contribution in [-0.2, 0) is 9.53 Å². The van der Waals surface area contributed by atoms with Crippen molar-refractivity contribution in [3.63, 3.8) is 0 Å². The molecule has 1 heterocycles. The van der Waals surface area contributed by atoms with Gasteiger partial charge in [-0.1, -0.05) is 0 Å². The molecule has 2 rings (SSSR count). The predicted molar refractivity (Wildman–Crippen MR) is 27.5 cm³/mol. The van der Waals surface area contributed by atoms with Gasteiger partial charge in [0.25, 0.3) is 0 Å². The van der Waals surface area contributed by atoms with E-state index >= 15 is 0 Å². The average molecular weight is 112 g/mol. The maximum atomic E-state index is 10.7. The first-order valence-corrected chi connectivity index (χ1v) is 2.93. The molecule has 1 aliphatic carbocycles. The van der Waals surface area contributed by atoms with Gasteiger partial charge in [-0.15, -0.1) is 0 Å². The first kappa shape index (κ1) is 4.50. The number of carbonyl (C=O) groups excluding carboxylic acids is 1. The zero-order chi connectivity index (χ0) is 5.78. The fraction of sp³-hybridized carbons (Fsp3) is 0.833. The molecule has 0 amide bonds. The van der Waals surface area contributed by atoms with Crippen LogP contribution in [0, 0.1) is 0 Å². The van der Waals surface area contributed by atoms with E-state index in [0.29, 0.717) is 5.78 Å². The second-order valence-electron chi connectivity index (χ2n) is 2.78. The summed E-state index contributed by atoms with van der Waals surface area (Å²) in [4.78, 5) is 10.7. The Balaban J connectivity index is 2.26. The zero-order valence-corrected chi connectivity index (χ0v) is 4.81. The predicted octanol–water partition coefficient (Wildman–Crippen LogP) is 0.507. The van der Waals surface area contributed by atoms with Crippen molar-refractivity contribution >= 4 is 5.78 Å². The third-order valence-electron chi connectivity index (χ3n) is 2.04. The molecule has 0 unspecified atom stereocenters. The summed E-state index contributed by atoms with van der Waals surface area (Å²) in [5.74, 6) is 0.299. The van der Waals surface area contributed by atoms with Crippen molar-refractivity contribution in [1.82, 2.24) is 0 Å². The number of Topliss-reactive ketones (excluding diaryl/α,β-unsaturated/α-hetero) is 1. The van der Waals surface area contributed by atoms with Crippen molar-refractivity contribution in [1.29, 1.82) is 0 Å². The van der Waals surface area contributed by atoms with Crippen LogP contribution < -0.4 is 0 Å². The van der Waals surface area contributed by atoms with Gasteiger partial charge in [0.2, 0.25) is 0 Å². The van der Waals surface area contributed by atoms with Crippen LogP contribution in [0.3, 0.4) is 0 Å². The molecule has 0 bridgehead atoms. The van der Waals surface area contributed by atoms with E-state index in [4.69, 9.17) is 4.74 Å². The molecular weight excluding hydrogens is 104 g/mol. The highest BCUT2D eigenvalue weighted by Gasteiger charge is 2.60. The summed E-state index contributed by atoms with van der Waals surface area (Å²) in [6, 6.07) is 0. The second kappa shape index (κ2) is 0.982. The van der Waals surface area contributed by atoms with Crippen LogP contribution in [0.5, 0.6) is 0 Å². The average Bonchev–Trinajstić information content (AvgIpc) is 2.32.